The number of carbonyl (C=O) groups is 2. The number of likely N-dealkylation sites (N-methyl/N-ethyl adjacent to an activating group) is 1. The molecule has 5 heteroatoms. The van der Waals surface area contributed by atoms with E-state index < -0.39 is 0 Å². The highest BCUT2D eigenvalue weighted by molar-refractivity contribution is 5.98. The highest BCUT2D eigenvalue weighted by Crippen LogP contribution is 2.25. The third kappa shape index (κ3) is 4.48. The Labute approximate surface area is 161 Å². The van der Waals surface area contributed by atoms with Crippen LogP contribution in [0.4, 0.5) is 17.1 Å². The molecule has 0 radical (unpaired) electrons. The van der Waals surface area contributed by atoms with Crippen molar-refractivity contribution in [2.45, 2.75) is 33.6 Å². The average molecular weight is 365 g/mol. The zero-order chi connectivity index (χ0) is 19.4. The molecule has 27 heavy (non-hydrogen) atoms. The van der Waals surface area contributed by atoms with Crippen LogP contribution in [0.15, 0.2) is 42.5 Å². The molecule has 0 bridgehead atoms. The van der Waals surface area contributed by atoms with E-state index in [4.69, 9.17) is 0 Å². The summed E-state index contributed by atoms with van der Waals surface area (Å²) in [5.74, 6) is 0.0761. The van der Waals surface area contributed by atoms with Gasteiger partial charge in [-0.1, -0.05) is 23.8 Å². The lowest BCUT2D eigenvalue weighted by molar-refractivity contribution is -0.117. The van der Waals surface area contributed by atoms with Gasteiger partial charge in [0, 0.05) is 36.6 Å². The number of benzene rings is 2. The second-order valence-corrected chi connectivity index (χ2v) is 7.05. The fourth-order valence-corrected chi connectivity index (χ4v) is 3.57. The van der Waals surface area contributed by atoms with E-state index >= 15 is 0 Å². The molecule has 1 heterocycles. The Balaban J connectivity index is 1.68. The van der Waals surface area contributed by atoms with Crippen molar-refractivity contribution in [2.75, 3.05) is 34.8 Å². The maximum atomic E-state index is 12.6. The van der Waals surface area contributed by atoms with E-state index in [0.717, 1.165) is 30.9 Å². The minimum atomic E-state index is -0.0678. The molecule has 3 rings (SSSR count). The molecule has 1 N–H and O–H groups in total. The Morgan fingerprint density at radius 1 is 1.19 bits per heavy atom. The predicted octanol–water partition coefficient (Wildman–Crippen LogP) is 3.90. The van der Waals surface area contributed by atoms with Crippen molar-refractivity contribution in [1.29, 1.82) is 0 Å². The molecule has 0 aromatic heterocycles. The van der Waals surface area contributed by atoms with Gasteiger partial charge in [-0.15, -0.1) is 0 Å². The molecule has 142 valence electrons. The molecule has 0 aliphatic carbocycles. The number of rotatable bonds is 6. The number of carbonyl (C=O) groups excluding carboxylic acids is 2. The summed E-state index contributed by atoms with van der Waals surface area (Å²) in [5.41, 5.74) is 5.02. The van der Waals surface area contributed by atoms with Gasteiger partial charge in [0.2, 0.25) is 11.8 Å². The molecule has 1 saturated heterocycles. The summed E-state index contributed by atoms with van der Waals surface area (Å²) in [6.45, 7) is 7.96. The summed E-state index contributed by atoms with van der Waals surface area (Å²) in [4.78, 5) is 28.4. The van der Waals surface area contributed by atoms with Crippen LogP contribution < -0.4 is 15.1 Å². The molecule has 0 saturated carbocycles. The van der Waals surface area contributed by atoms with Gasteiger partial charge in [-0.3, -0.25) is 9.59 Å². The summed E-state index contributed by atoms with van der Waals surface area (Å²) in [6, 6.07) is 13.8. The number of hydrogen-bond acceptors (Lipinski definition) is 3. The fraction of sp³-hybridized carbons (Fsp3) is 0.364. The quantitative estimate of drug-likeness (QED) is 0.845. The number of nitrogens with zero attached hydrogens (tertiary/aromatic N) is 2. The first-order chi connectivity index (χ1) is 13.0. The Hall–Kier alpha value is -2.82. The average Bonchev–Trinajstić information content (AvgIpc) is 3.06. The Kier molecular flexibility index (Phi) is 5.79. The van der Waals surface area contributed by atoms with Crippen molar-refractivity contribution in [3.8, 4) is 0 Å². The number of aryl methyl sites for hydroxylation is 2. The third-order valence-corrected chi connectivity index (χ3v) is 4.92. The van der Waals surface area contributed by atoms with Gasteiger partial charge in [-0.25, -0.2) is 0 Å². The summed E-state index contributed by atoms with van der Waals surface area (Å²) in [6.07, 6.45) is 1.48. The van der Waals surface area contributed by atoms with Crippen molar-refractivity contribution in [1.82, 2.24) is 0 Å². The number of hydrogen-bond donors (Lipinski definition) is 1. The van der Waals surface area contributed by atoms with Gasteiger partial charge >= 0.3 is 0 Å². The summed E-state index contributed by atoms with van der Waals surface area (Å²) < 4.78 is 0. The first-order valence-electron chi connectivity index (χ1n) is 9.50. The molecule has 1 aliphatic rings. The van der Waals surface area contributed by atoms with Crippen LogP contribution in [0.2, 0.25) is 0 Å². The van der Waals surface area contributed by atoms with Crippen molar-refractivity contribution in [3.05, 3.63) is 53.6 Å². The topological polar surface area (TPSA) is 52.7 Å². The standard InChI is InChI=1S/C22H27N3O2/c1-4-24(20-11-10-16(2)13-17(20)3)15-21(26)23-18-7-5-8-19(14-18)25-12-6-9-22(25)27/h5,7-8,10-11,13-14H,4,6,9,12,15H2,1-3H3,(H,23,26). The van der Waals surface area contributed by atoms with Crippen LogP contribution in [0.1, 0.15) is 30.9 Å². The second-order valence-electron chi connectivity index (χ2n) is 7.05. The Morgan fingerprint density at radius 2 is 2.00 bits per heavy atom. The van der Waals surface area contributed by atoms with Gasteiger partial charge in [-0.05, 0) is 57.0 Å². The van der Waals surface area contributed by atoms with Crippen LogP contribution in [0.25, 0.3) is 0 Å². The van der Waals surface area contributed by atoms with E-state index in [2.05, 4.69) is 42.3 Å². The lowest BCUT2D eigenvalue weighted by Crippen LogP contribution is -2.33. The van der Waals surface area contributed by atoms with Gasteiger partial charge in [-0.2, -0.15) is 0 Å². The minimum Gasteiger partial charge on any atom is -0.362 e. The van der Waals surface area contributed by atoms with Crippen LogP contribution in [0.3, 0.4) is 0 Å². The lowest BCUT2D eigenvalue weighted by atomic mass is 10.1. The van der Waals surface area contributed by atoms with E-state index in [9.17, 15) is 9.59 Å². The molecule has 2 aromatic carbocycles. The van der Waals surface area contributed by atoms with E-state index in [1.54, 1.807) is 4.90 Å². The number of anilines is 3. The van der Waals surface area contributed by atoms with Gasteiger partial charge in [0.1, 0.15) is 0 Å². The zero-order valence-electron chi connectivity index (χ0n) is 16.3. The number of nitrogens with one attached hydrogen (secondary N) is 1. The van der Waals surface area contributed by atoms with Gasteiger partial charge < -0.3 is 15.1 Å². The monoisotopic (exact) mass is 365 g/mol. The van der Waals surface area contributed by atoms with E-state index in [-0.39, 0.29) is 18.4 Å². The molecular weight excluding hydrogens is 338 g/mol. The molecule has 5 nitrogen and oxygen atoms in total. The largest absolute Gasteiger partial charge is 0.362 e. The van der Waals surface area contributed by atoms with Crippen LogP contribution in [0.5, 0.6) is 0 Å². The van der Waals surface area contributed by atoms with Crippen molar-refractivity contribution >= 4 is 28.9 Å². The predicted molar refractivity (Wildman–Crippen MR) is 110 cm³/mol. The fourth-order valence-electron chi connectivity index (χ4n) is 3.57. The molecule has 2 amide bonds. The lowest BCUT2D eigenvalue weighted by Gasteiger charge is -2.25. The highest BCUT2D eigenvalue weighted by Gasteiger charge is 2.22. The molecule has 0 spiro atoms. The third-order valence-electron chi connectivity index (χ3n) is 4.92. The van der Waals surface area contributed by atoms with Crippen LogP contribution >= 0.6 is 0 Å². The Morgan fingerprint density at radius 3 is 2.67 bits per heavy atom. The van der Waals surface area contributed by atoms with Crippen LogP contribution in [-0.4, -0.2) is 31.4 Å². The highest BCUT2D eigenvalue weighted by atomic mass is 16.2. The maximum absolute atomic E-state index is 12.6. The number of amides is 2. The SMILES string of the molecule is CCN(CC(=O)Nc1cccc(N2CCCC2=O)c1)c1ccc(C)cc1C. The van der Waals surface area contributed by atoms with Gasteiger partial charge in [0.05, 0.1) is 6.54 Å². The van der Waals surface area contributed by atoms with E-state index in [1.807, 2.05) is 31.2 Å². The zero-order valence-corrected chi connectivity index (χ0v) is 16.3. The first-order valence-corrected chi connectivity index (χ1v) is 9.50. The maximum Gasteiger partial charge on any atom is 0.243 e. The molecule has 2 aromatic rings. The summed E-state index contributed by atoms with van der Waals surface area (Å²) >= 11 is 0. The molecule has 1 aliphatic heterocycles. The molecule has 0 atom stereocenters. The van der Waals surface area contributed by atoms with Crippen molar-refractivity contribution < 1.29 is 9.59 Å². The molecule has 0 unspecified atom stereocenters. The van der Waals surface area contributed by atoms with Crippen LogP contribution in [-0.2, 0) is 9.59 Å². The minimum absolute atomic E-state index is 0.0678. The molecule has 1 fully saturated rings. The van der Waals surface area contributed by atoms with Gasteiger partial charge in [0.25, 0.3) is 0 Å². The second kappa shape index (κ2) is 8.25. The normalized spacial score (nSPS) is 13.7. The van der Waals surface area contributed by atoms with Crippen molar-refractivity contribution in [2.24, 2.45) is 0 Å². The first kappa shape index (κ1) is 19.0. The van der Waals surface area contributed by atoms with E-state index in [0.29, 0.717) is 12.1 Å². The Bertz CT molecular complexity index is 847. The summed E-state index contributed by atoms with van der Waals surface area (Å²) in [5, 5.41) is 2.97. The van der Waals surface area contributed by atoms with Crippen LogP contribution in [0, 0.1) is 13.8 Å². The smallest absolute Gasteiger partial charge is 0.243 e. The van der Waals surface area contributed by atoms with Gasteiger partial charge in [0.15, 0.2) is 0 Å². The van der Waals surface area contributed by atoms with E-state index in [1.165, 1.54) is 11.1 Å². The molecular formula is C22H27N3O2. The van der Waals surface area contributed by atoms with Crippen molar-refractivity contribution in [3.63, 3.8) is 0 Å². The summed E-state index contributed by atoms with van der Waals surface area (Å²) in [7, 11) is 0.